The summed E-state index contributed by atoms with van der Waals surface area (Å²) in [5.74, 6) is -3.85. The third-order valence-corrected chi connectivity index (χ3v) is 5.59. The molecule has 0 atom stereocenters. The van der Waals surface area contributed by atoms with Crippen molar-refractivity contribution in [3.05, 3.63) is 58.6 Å². The highest BCUT2D eigenvalue weighted by Gasteiger charge is 2.27. The van der Waals surface area contributed by atoms with E-state index in [4.69, 9.17) is 4.18 Å². The van der Waals surface area contributed by atoms with Crippen molar-refractivity contribution in [3.8, 4) is 5.75 Å². The lowest BCUT2D eigenvalue weighted by molar-refractivity contribution is -0.384. The van der Waals surface area contributed by atoms with E-state index >= 15 is 0 Å². The SMILES string of the molecule is O=[N+]([O-])c1ccc(OS(=O)(=O)c2ccc(S(=O)(=O)C(F)F)cc2)cc1. The molecule has 2 aromatic carbocycles. The molecule has 0 amide bonds. The molecule has 0 radical (unpaired) electrons. The zero-order valence-corrected chi connectivity index (χ0v) is 13.7. The maximum atomic E-state index is 12.4. The lowest BCUT2D eigenvalue weighted by atomic mass is 10.3. The summed E-state index contributed by atoms with van der Waals surface area (Å²) in [6.45, 7) is 0. The van der Waals surface area contributed by atoms with Gasteiger partial charge in [-0.15, -0.1) is 0 Å². The van der Waals surface area contributed by atoms with Gasteiger partial charge in [0.05, 0.1) is 9.82 Å². The van der Waals surface area contributed by atoms with Gasteiger partial charge in [-0.05, 0) is 36.4 Å². The summed E-state index contributed by atoms with van der Waals surface area (Å²) in [5, 5.41) is 10.5. The van der Waals surface area contributed by atoms with E-state index in [0.29, 0.717) is 12.1 Å². The Kier molecular flexibility index (Phi) is 5.04. The fraction of sp³-hybridized carbons (Fsp3) is 0.0769. The van der Waals surface area contributed by atoms with Crippen molar-refractivity contribution in [3.63, 3.8) is 0 Å². The van der Waals surface area contributed by atoms with Gasteiger partial charge in [0.15, 0.2) is 0 Å². The number of nitro benzene ring substituents is 1. The molecule has 134 valence electrons. The minimum Gasteiger partial charge on any atom is -0.379 e. The molecule has 2 aromatic rings. The maximum Gasteiger partial charge on any atom is 0.341 e. The Balaban J connectivity index is 2.26. The van der Waals surface area contributed by atoms with E-state index in [1.165, 1.54) is 0 Å². The average molecular weight is 393 g/mol. The third-order valence-electron chi connectivity index (χ3n) is 2.93. The molecule has 12 heteroatoms. The molecule has 25 heavy (non-hydrogen) atoms. The van der Waals surface area contributed by atoms with Crippen LogP contribution in [-0.4, -0.2) is 27.5 Å². The molecular weight excluding hydrogens is 384 g/mol. The molecule has 2 rings (SSSR count). The maximum absolute atomic E-state index is 12.4. The van der Waals surface area contributed by atoms with Gasteiger partial charge in [0, 0.05) is 12.1 Å². The number of halogens is 2. The van der Waals surface area contributed by atoms with Crippen LogP contribution in [0.5, 0.6) is 5.75 Å². The highest BCUT2D eigenvalue weighted by Crippen LogP contribution is 2.24. The highest BCUT2D eigenvalue weighted by atomic mass is 32.2. The largest absolute Gasteiger partial charge is 0.379 e. The Morgan fingerprint density at radius 2 is 1.36 bits per heavy atom. The van der Waals surface area contributed by atoms with Gasteiger partial charge in [0.2, 0.25) is 9.84 Å². The minimum absolute atomic E-state index is 0.213. The predicted octanol–water partition coefficient (Wildman–Crippen LogP) is 2.36. The molecule has 8 nitrogen and oxygen atoms in total. The number of benzene rings is 2. The van der Waals surface area contributed by atoms with Crippen LogP contribution in [0.1, 0.15) is 0 Å². The molecule has 0 aliphatic heterocycles. The third kappa shape index (κ3) is 4.09. The first-order valence-electron chi connectivity index (χ1n) is 6.35. The van der Waals surface area contributed by atoms with Crippen LogP contribution >= 0.6 is 0 Å². The number of rotatable bonds is 6. The van der Waals surface area contributed by atoms with Crippen LogP contribution in [0.4, 0.5) is 14.5 Å². The van der Waals surface area contributed by atoms with E-state index in [1.807, 2.05) is 0 Å². The van der Waals surface area contributed by atoms with Gasteiger partial charge in [-0.2, -0.15) is 17.2 Å². The molecule has 0 N–H and O–H groups in total. The topological polar surface area (TPSA) is 121 Å². The van der Waals surface area contributed by atoms with Crippen LogP contribution in [0.15, 0.2) is 58.3 Å². The van der Waals surface area contributed by atoms with Gasteiger partial charge in [-0.25, -0.2) is 8.42 Å². The first kappa shape index (κ1) is 18.7. The summed E-state index contributed by atoms with van der Waals surface area (Å²) in [6, 6.07) is 7.22. The molecule has 0 aliphatic rings. The van der Waals surface area contributed by atoms with E-state index in [0.717, 1.165) is 36.4 Å². The van der Waals surface area contributed by atoms with Crippen molar-refractivity contribution in [2.24, 2.45) is 0 Å². The first-order chi connectivity index (χ1) is 11.5. The normalized spacial score (nSPS) is 12.1. The Morgan fingerprint density at radius 3 is 1.80 bits per heavy atom. The number of sulfone groups is 1. The molecule has 0 aromatic heterocycles. The summed E-state index contributed by atoms with van der Waals surface area (Å²) in [6.07, 6.45) is 0. The second kappa shape index (κ2) is 6.72. The lowest BCUT2D eigenvalue weighted by Crippen LogP contribution is -2.13. The number of nitrogens with zero attached hydrogens (tertiary/aromatic N) is 1. The van der Waals surface area contributed by atoms with Crippen LogP contribution in [0.25, 0.3) is 0 Å². The number of nitro groups is 1. The summed E-state index contributed by atoms with van der Waals surface area (Å²) in [4.78, 5) is 8.63. The quantitative estimate of drug-likeness (QED) is 0.419. The fourth-order valence-electron chi connectivity index (χ4n) is 1.70. The second-order valence-corrected chi connectivity index (χ2v) is 8.03. The van der Waals surface area contributed by atoms with E-state index in [9.17, 15) is 35.7 Å². The van der Waals surface area contributed by atoms with Crippen LogP contribution < -0.4 is 4.18 Å². The van der Waals surface area contributed by atoms with Crippen molar-refractivity contribution in [2.45, 2.75) is 15.5 Å². The number of alkyl halides is 2. The van der Waals surface area contributed by atoms with Crippen LogP contribution in [0, 0.1) is 10.1 Å². The Labute approximate surface area is 140 Å². The second-order valence-electron chi connectivity index (χ2n) is 4.57. The van der Waals surface area contributed by atoms with Crippen LogP contribution in [0.2, 0.25) is 0 Å². The Morgan fingerprint density at radius 1 is 0.880 bits per heavy atom. The van der Waals surface area contributed by atoms with Gasteiger partial charge in [-0.3, -0.25) is 10.1 Å². The summed E-state index contributed by atoms with van der Waals surface area (Å²) in [5.41, 5.74) is -0.272. The first-order valence-corrected chi connectivity index (χ1v) is 9.30. The van der Waals surface area contributed by atoms with Crippen molar-refractivity contribution in [1.82, 2.24) is 0 Å². The smallest absolute Gasteiger partial charge is 0.341 e. The Bertz CT molecular complexity index is 986. The summed E-state index contributed by atoms with van der Waals surface area (Å²) >= 11 is 0. The molecule has 0 unspecified atom stereocenters. The molecule has 0 saturated heterocycles. The zero-order chi connectivity index (χ0) is 18.8. The van der Waals surface area contributed by atoms with Crippen molar-refractivity contribution in [2.75, 3.05) is 0 Å². The van der Waals surface area contributed by atoms with E-state index in [1.54, 1.807) is 0 Å². The predicted molar refractivity (Wildman–Crippen MR) is 80.5 cm³/mol. The zero-order valence-electron chi connectivity index (χ0n) is 12.1. The van der Waals surface area contributed by atoms with Crippen LogP contribution in [-0.2, 0) is 20.0 Å². The molecule has 0 aliphatic carbocycles. The molecule has 0 spiro atoms. The monoisotopic (exact) mass is 393 g/mol. The summed E-state index contributed by atoms with van der Waals surface area (Å²) in [7, 11) is -9.22. The van der Waals surface area contributed by atoms with Crippen LogP contribution in [0.3, 0.4) is 0 Å². The lowest BCUT2D eigenvalue weighted by Gasteiger charge is -2.08. The molecule has 0 fully saturated rings. The van der Waals surface area contributed by atoms with Gasteiger partial charge >= 0.3 is 15.9 Å². The van der Waals surface area contributed by atoms with Gasteiger partial charge in [0.25, 0.3) is 5.69 Å². The number of hydrogen-bond donors (Lipinski definition) is 0. The van der Waals surface area contributed by atoms with Gasteiger partial charge in [-0.1, -0.05) is 0 Å². The van der Waals surface area contributed by atoms with E-state index < -0.39 is 40.4 Å². The van der Waals surface area contributed by atoms with Crippen molar-refractivity contribution >= 4 is 25.6 Å². The van der Waals surface area contributed by atoms with Gasteiger partial charge in [0.1, 0.15) is 10.6 Å². The minimum atomic E-state index is -4.84. The van der Waals surface area contributed by atoms with Crippen molar-refractivity contribution in [1.29, 1.82) is 0 Å². The van der Waals surface area contributed by atoms with Gasteiger partial charge < -0.3 is 4.18 Å². The fourth-order valence-corrected chi connectivity index (χ4v) is 3.35. The Hall–Kier alpha value is -2.60. The molecule has 0 saturated carbocycles. The number of hydrogen-bond acceptors (Lipinski definition) is 7. The highest BCUT2D eigenvalue weighted by molar-refractivity contribution is 7.91. The standard InChI is InChI=1S/C13H9F2NO7S2/c14-13(15)24(19,20)11-5-7-12(8-6-11)25(21,22)23-10-3-1-9(2-4-10)16(17)18/h1-8,13H. The van der Waals surface area contributed by atoms with Crippen molar-refractivity contribution < 1.29 is 34.7 Å². The van der Waals surface area contributed by atoms with E-state index in [2.05, 4.69) is 0 Å². The number of non-ortho nitro benzene ring substituents is 1. The van der Waals surface area contributed by atoms with E-state index in [-0.39, 0.29) is 11.4 Å². The summed E-state index contributed by atoms with van der Waals surface area (Å²) < 4.78 is 76.3. The molecule has 0 bridgehead atoms. The average Bonchev–Trinajstić information content (AvgIpc) is 2.55. The molecular formula is C13H9F2NO7S2. The molecule has 0 heterocycles.